The topological polar surface area (TPSA) is 42.7 Å². The highest BCUT2D eigenvalue weighted by Gasteiger charge is 2.35. The highest BCUT2D eigenvalue weighted by Crippen LogP contribution is 2.37. The van der Waals surface area contributed by atoms with Gasteiger partial charge >= 0.3 is 6.17 Å². The molecular weight excluding hydrogens is 464 g/mol. The number of rotatable bonds is 3. The minimum Gasteiger partial charge on any atom is -0.356 e. The zero-order valence-corrected chi connectivity index (χ0v) is 20.8. The Labute approximate surface area is 198 Å². The summed E-state index contributed by atoms with van der Waals surface area (Å²) in [7, 11) is 0. The summed E-state index contributed by atoms with van der Waals surface area (Å²) in [5, 5.41) is 1.10. The fourth-order valence-electron chi connectivity index (χ4n) is 4.96. The van der Waals surface area contributed by atoms with Crippen molar-refractivity contribution in [3.63, 3.8) is 0 Å². The van der Waals surface area contributed by atoms with Crippen molar-refractivity contribution in [2.24, 2.45) is 5.92 Å². The highest BCUT2D eigenvalue weighted by atomic mass is 79.9. The van der Waals surface area contributed by atoms with E-state index < -0.39 is 6.17 Å². The fraction of sp³-hybridized carbons (Fsp3) is 0.440. The molecule has 0 atom stereocenters. The van der Waals surface area contributed by atoms with Crippen LogP contribution in [-0.4, -0.2) is 33.8 Å². The third-order valence-corrected chi connectivity index (χ3v) is 7.11. The summed E-state index contributed by atoms with van der Waals surface area (Å²) in [5.41, 5.74) is 6.87. The first-order chi connectivity index (χ1) is 15.3. The molecule has 3 heterocycles. The van der Waals surface area contributed by atoms with Crippen LogP contribution in [0.25, 0.3) is 26.4 Å². The van der Waals surface area contributed by atoms with Gasteiger partial charge in [0, 0.05) is 23.3 Å². The minimum atomic E-state index is -0.558. The molecule has 1 saturated heterocycles. The van der Waals surface area contributed by atoms with Gasteiger partial charge in [0.1, 0.15) is 17.6 Å². The van der Waals surface area contributed by atoms with Gasteiger partial charge in [0.15, 0.2) is 5.65 Å². The maximum atomic E-state index is 7.30. The van der Waals surface area contributed by atoms with Crippen LogP contribution in [0.5, 0.6) is 0 Å². The monoisotopic (exact) mass is 490 g/mol. The molecule has 1 fully saturated rings. The second-order valence-electron chi connectivity index (χ2n) is 8.72. The zero-order chi connectivity index (χ0) is 23.2. The standard InChI is InChI=1S/C25H27BrN6/c1-14-12-20(26)13-15(2)22(14)32-17(4)16(3)21-24(29-18(5)30-25(21)32)31-10-8-19(9-11-31)23(27-6)28-7/h12-13,19,23H,8-11H2,1-5H3. The fourth-order valence-corrected chi connectivity index (χ4v) is 5.64. The molecule has 0 amide bonds. The van der Waals surface area contributed by atoms with E-state index >= 15 is 0 Å². The summed E-state index contributed by atoms with van der Waals surface area (Å²) in [6.07, 6.45) is 1.12. The lowest BCUT2D eigenvalue weighted by Crippen LogP contribution is -2.37. The van der Waals surface area contributed by atoms with E-state index in [9.17, 15) is 0 Å². The Morgan fingerprint density at radius 1 is 1.00 bits per heavy atom. The van der Waals surface area contributed by atoms with Gasteiger partial charge in [-0.3, -0.25) is 4.57 Å². The van der Waals surface area contributed by atoms with E-state index in [-0.39, 0.29) is 5.92 Å². The Kier molecular flexibility index (Phi) is 5.97. The molecule has 2 aromatic heterocycles. The van der Waals surface area contributed by atoms with Gasteiger partial charge in [0.2, 0.25) is 0 Å². The predicted octanol–water partition coefficient (Wildman–Crippen LogP) is 6.11. The molecule has 6 nitrogen and oxygen atoms in total. The van der Waals surface area contributed by atoms with Crippen LogP contribution in [-0.2, 0) is 0 Å². The molecule has 1 aliphatic heterocycles. The van der Waals surface area contributed by atoms with Crippen molar-refractivity contribution in [3.8, 4) is 5.69 Å². The van der Waals surface area contributed by atoms with Gasteiger partial charge in [0.25, 0.3) is 0 Å². The Balaban J connectivity index is 1.84. The molecule has 32 heavy (non-hydrogen) atoms. The summed E-state index contributed by atoms with van der Waals surface area (Å²) >= 11 is 3.62. The zero-order valence-electron chi connectivity index (χ0n) is 19.2. The quantitative estimate of drug-likeness (QED) is 0.416. The molecule has 164 valence electrons. The van der Waals surface area contributed by atoms with E-state index in [1.807, 2.05) is 6.92 Å². The Hall–Kier alpha value is -2.90. The molecule has 4 rings (SSSR count). The molecule has 7 heteroatoms. The van der Waals surface area contributed by atoms with Gasteiger partial charge in [0.05, 0.1) is 11.1 Å². The molecule has 0 aliphatic carbocycles. The number of hydrogen-bond donors (Lipinski definition) is 0. The summed E-state index contributed by atoms with van der Waals surface area (Å²) < 4.78 is 3.36. The van der Waals surface area contributed by atoms with Crippen LogP contribution in [0, 0.1) is 53.7 Å². The maximum Gasteiger partial charge on any atom is 0.477 e. The number of hydrogen-bond acceptors (Lipinski definition) is 3. The SMILES string of the molecule is [C-]#[N+]C([N+]#[C-])C1CCN(c2nc(C)nc3c2c(C)c(C)n3-c2c(C)cc(Br)cc2C)CC1. The first kappa shape index (κ1) is 22.3. The first-order valence-electron chi connectivity index (χ1n) is 10.9. The van der Waals surface area contributed by atoms with Crippen LogP contribution in [0.1, 0.15) is 41.1 Å². The normalized spacial score (nSPS) is 14.7. The Morgan fingerprint density at radius 2 is 1.59 bits per heavy atom. The maximum absolute atomic E-state index is 7.30. The molecule has 0 N–H and O–H groups in total. The largest absolute Gasteiger partial charge is 0.477 e. The van der Waals surface area contributed by atoms with Crippen LogP contribution in [0.4, 0.5) is 5.82 Å². The lowest BCUT2D eigenvalue weighted by atomic mass is 9.94. The van der Waals surface area contributed by atoms with Gasteiger partial charge in [-0.05, 0) is 76.3 Å². The van der Waals surface area contributed by atoms with Crippen LogP contribution in [0.2, 0.25) is 0 Å². The summed E-state index contributed by atoms with van der Waals surface area (Å²) in [4.78, 5) is 19.1. The molecule has 0 unspecified atom stereocenters. The predicted molar refractivity (Wildman–Crippen MR) is 132 cm³/mol. The van der Waals surface area contributed by atoms with Gasteiger partial charge in [-0.2, -0.15) is 0 Å². The van der Waals surface area contributed by atoms with Gasteiger partial charge in [-0.15, -0.1) is 0 Å². The summed E-state index contributed by atoms with van der Waals surface area (Å²) in [5.74, 6) is 1.86. The number of nitrogens with zero attached hydrogens (tertiary/aromatic N) is 6. The van der Waals surface area contributed by atoms with E-state index in [0.29, 0.717) is 0 Å². The third-order valence-electron chi connectivity index (χ3n) is 6.65. The van der Waals surface area contributed by atoms with Crippen LogP contribution >= 0.6 is 15.9 Å². The second-order valence-corrected chi connectivity index (χ2v) is 9.64. The second kappa shape index (κ2) is 8.56. The van der Waals surface area contributed by atoms with Crippen LogP contribution in [0.15, 0.2) is 16.6 Å². The van der Waals surface area contributed by atoms with Crippen molar-refractivity contribution in [2.75, 3.05) is 18.0 Å². The van der Waals surface area contributed by atoms with E-state index in [1.165, 1.54) is 28.1 Å². The number of aryl methyl sites for hydroxylation is 4. The van der Waals surface area contributed by atoms with Gasteiger partial charge < -0.3 is 4.90 Å². The Bertz CT molecular complexity index is 1250. The Morgan fingerprint density at radius 3 is 2.16 bits per heavy atom. The molecule has 1 aromatic carbocycles. The molecule has 3 aromatic rings. The molecule has 0 saturated carbocycles. The molecule has 0 radical (unpaired) electrons. The van der Waals surface area contributed by atoms with Gasteiger partial charge in [-0.1, -0.05) is 15.9 Å². The highest BCUT2D eigenvalue weighted by molar-refractivity contribution is 9.10. The minimum absolute atomic E-state index is 0.139. The first-order valence-corrected chi connectivity index (χ1v) is 11.7. The van der Waals surface area contributed by atoms with Crippen LogP contribution < -0.4 is 4.90 Å². The average Bonchev–Trinajstić information content (AvgIpc) is 2.99. The summed E-state index contributed by atoms with van der Waals surface area (Å²) in [6, 6.07) is 4.29. The van der Waals surface area contributed by atoms with E-state index in [1.54, 1.807) is 0 Å². The van der Waals surface area contributed by atoms with Crippen molar-refractivity contribution in [1.82, 2.24) is 14.5 Å². The number of halogens is 1. The molecular formula is C25H27BrN6. The van der Waals surface area contributed by atoms with Crippen molar-refractivity contribution in [1.29, 1.82) is 0 Å². The molecule has 0 bridgehead atoms. The number of anilines is 1. The van der Waals surface area contributed by atoms with Crippen LogP contribution in [0.3, 0.4) is 0 Å². The van der Waals surface area contributed by atoms with E-state index in [2.05, 4.69) is 74.9 Å². The lowest BCUT2D eigenvalue weighted by molar-refractivity contribution is 0.394. The smallest absolute Gasteiger partial charge is 0.356 e. The van der Waals surface area contributed by atoms with Gasteiger partial charge in [-0.25, -0.2) is 32.8 Å². The lowest BCUT2D eigenvalue weighted by Gasteiger charge is -2.31. The number of aromatic nitrogens is 3. The van der Waals surface area contributed by atoms with E-state index in [0.717, 1.165) is 53.1 Å². The number of benzene rings is 1. The summed E-state index contributed by atoms with van der Waals surface area (Å²) in [6.45, 7) is 26.7. The molecule has 1 aliphatic rings. The molecule has 0 spiro atoms. The average molecular weight is 491 g/mol. The van der Waals surface area contributed by atoms with E-state index in [4.69, 9.17) is 23.1 Å². The van der Waals surface area contributed by atoms with Crippen molar-refractivity contribution in [2.45, 2.75) is 53.6 Å². The van der Waals surface area contributed by atoms with Crippen molar-refractivity contribution < 1.29 is 0 Å². The third kappa shape index (κ3) is 3.65. The number of piperidine rings is 1. The van der Waals surface area contributed by atoms with Crippen molar-refractivity contribution >= 4 is 32.8 Å². The van der Waals surface area contributed by atoms with Crippen molar-refractivity contribution in [3.05, 3.63) is 67.6 Å². The number of fused-ring (bicyclic) bond motifs is 1.